The Morgan fingerprint density at radius 3 is 1.05 bits per heavy atom. The predicted molar refractivity (Wildman–Crippen MR) is 97.8 cm³/mol. The van der Waals surface area contributed by atoms with Crippen LogP contribution in [0.15, 0.2) is 0 Å². The Labute approximate surface area is 152 Å². The molecule has 0 atom stereocenters. The molecule has 0 bridgehead atoms. The molecule has 0 aliphatic carbocycles. The van der Waals surface area contributed by atoms with Gasteiger partial charge in [-0.05, 0) is 38.5 Å². The molecule has 0 aliphatic heterocycles. The molecule has 0 amide bonds. The van der Waals surface area contributed by atoms with E-state index >= 15 is 0 Å². The van der Waals surface area contributed by atoms with Crippen molar-refractivity contribution in [2.75, 3.05) is 26.2 Å². The highest BCUT2D eigenvalue weighted by atomic mass is 79.9. The molecular formula is C20H44BrN. The third-order valence-electron chi connectivity index (χ3n) is 4.94. The van der Waals surface area contributed by atoms with Crippen LogP contribution in [0, 0.1) is 0 Å². The lowest BCUT2D eigenvalue weighted by Gasteiger charge is -2.39. The lowest BCUT2D eigenvalue weighted by molar-refractivity contribution is -0.929. The van der Waals surface area contributed by atoms with Gasteiger partial charge in [0.2, 0.25) is 0 Å². The second kappa shape index (κ2) is 17.8. The summed E-state index contributed by atoms with van der Waals surface area (Å²) in [6.07, 6.45) is 16.9. The first-order chi connectivity index (χ1) is 10.2. The van der Waals surface area contributed by atoms with Crippen LogP contribution in [-0.4, -0.2) is 30.7 Å². The van der Waals surface area contributed by atoms with E-state index in [1.54, 1.807) is 0 Å². The zero-order valence-electron chi connectivity index (χ0n) is 16.1. The average Bonchev–Trinajstić information content (AvgIpc) is 2.51. The van der Waals surface area contributed by atoms with E-state index in [0.717, 1.165) is 0 Å². The fraction of sp³-hybridized carbons (Fsp3) is 1.00. The smallest absolute Gasteiger partial charge is 0.0786 e. The zero-order chi connectivity index (χ0) is 15.8. The third kappa shape index (κ3) is 12.9. The van der Waals surface area contributed by atoms with E-state index in [1.807, 2.05) is 0 Å². The summed E-state index contributed by atoms with van der Waals surface area (Å²) in [4.78, 5) is 0. The van der Waals surface area contributed by atoms with E-state index in [1.165, 1.54) is 108 Å². The van der Waals surface area contributed by atoms with Crippen molar-refractivity contribution in [3.63, 3.8) is 0 Å². The van der Waals surface area contributed by atoms with Gasteiger partial charge < -0.3 is 21.5 Å². The van der Waals surface area contributed by atoms with Gasteiger partial charge >= 0.3 is 0 Å². The number of hydrogen-bond donors (Lipinski definition) is 0. The summed E-state index contributed by atoms with van der Waals surface area (Å²) >= 11 is 0. The highest BCUT2D eigenvalue weighted by Crippen LogP contribution is 2.18. The molecular weight excluding hydrogens is 334 g/mol. The first kappa shape index (κ1) is 24.7. The number of rotatable bonds is 16. The first-order valence-electron chi connectivity index (χ1n) is 10.1. The number of unbranched alkanes of at least 4 members (excludes halogenated alkanes) is 8. The van der Waals surface area contributed by atoms with E-state index in [9.17, 15) is 0 Å². The highest BCUT2D eigenvalue weighted by molar-refractivity contribution is 4.51. The Kier molecular flexibility index (Phi) is 20.0. The largest absolute Gasteiger partial charge is 1.00 e. The maximum Gasteiger partial charge on any atom is 0.0786 e. The standard InChI is InChI=1S/C20H44N.BrH/c1-5-9-13-15-19-21(17-11-7-3,18-12-8-4)20-16-14-10-6-2;/h5-20H2,1-4H3;1H/q+1;/p-1. The molecule has 0 aromatic carbocycles. The van der Waals surface area contributed by atoms with E-state index in [4.69, 9.17) is 0 Å². The molecule has 136 valence electrons. The van der Waals surface area contributed by atoms with Gasteiger partial charge in [0, 0.05) is 0 Å². The Morgan fingerprint density at radius 1 is 0.409 bits per heavy atom. The summed E-state index contributed by atoms with van der Waals surface area (Å²) in [5.41, 5.74) is 0. The fourth-order valence-electron chi connectivity index (χ4n) is 3.41. The third-order valence-corrected chi connectivity index (χ3v) is 4.94. The van der Waals surface area contributed by atoms with Gasteiger partial charge in [-0.3, -0.25) is 0 Å². The average molecular weight is 378 g/mol. The van der Waals surface area contributed by atoms with Gasteiger partial charge in [0.1, 0.15) is 0 Å². The van der Waals surface area contributed by atoms with Crippen LogP contribution in [0.2, 0.25) is 0 Å². The second-order valence-electron chi connectivity index (χ2n) is 7.06. The molecule has 2 heteroatoms. The summed E-state index contributed by atoms with van der Waals surface area (Å²) in [7, 11) is 0. The summed E-state index contributed by atoms with van der Waals surface area (Å²) < 4.78 is 1.44. The van der Waals surface area contributed by atoms with Crippen LogP contribution in [-0.2, 0) is 0 Å². The van der Waals surface area contributed by atoms with Gasteiger partial charge in [-0.1, -0.05) is 66.2 Å². The van der Waals surface area contributed by atoms with Crippen LogP contribution in [0.3, 0.4) is 0 Å². The number of halogens is 1. The summed E-state index contributed by atoms with van der Waals surface area (Å²) in [5, 5.41) is 0. The Bertz CT molecular complexity index is 184. The van der Waals surface area contributed by atoms with Crippen molar-refractivity contribution in [3.05, 3.63) is 0 Å². The molecule has 22 heavy (non-hydrogen) atoms. The molecule has 0 N–H and O–H groups in total. The Balaban J connectivity index is 0. The second-order valence-corrected chi connectivity index (χ2v) is 7.06. The minimum atomic E-state index is 0. The molecule has 0 radical (unpaired) electrons. The van der Waals surface area contributed by atoms with Crippen molar-refractivity contribution >= 4 is 0 Å². The Hall–Kier alpha value is 0.440. The summed E-state index contributed by atoms with van der Waals surface area (Å²) in [5.74, 6) is 0. The minimum Gasteiger partial charge on any atom is -1.00 e. The Morgan fingerprint density at radius 2 is 0.727 bits per heavy atom. The molecule has 0 spiro atoms. The molecule has 0 fully saturated rings. The molecule has 1 nitrogen and oxygen atoms in total. The SMILES string of the molecule is CCCCCC[N+](CCCC)(CCCC)CCCCCC.[Br-]. The summed E-state index contributed by atoms with van der Waals surface area (Å²) in [6, 6.07) is 0. The molecule has 0 aromatic heterocycles. The van der Waals surface area contributed by atoms with Crippen molar-refractivity contribution < 1.29 is 21.5 Å². The molecule has 0 saturated carbocycles. The van der Waals surface area contributed by atoms with Crippen LogP contribution >= 0.6 is 0 Å². The molecule has 0 unspecified atom stereocenters. The van der Waals surface area contributed by atoms with E-state index in [0.29, 0.717) is 0 Å². The minimum absolute atomic E-state index is 0. The fourth-order valence-corrected chi connectivity index (χ4v) is 3.41. The van der Waals surface area contributed by atoms with Crippen molar-refractivity contribution in [2.24, 2.45) is 0 Å². The van der Waals surface area contributed by atoms with Gasteiger partial charge in [0.25, 0.3) is 0 Å². The number of nitrogens with zero attached hydrogens (tertiary/aromatic N) is 1. The van der Waals surface area contributed by atoms with Gasteiger partial charge in [0.05, 0.1) is 26.2 Å². The maximum atomic E-state index is 2.35. The summed E-state index contributed by atoms with van der Waals surface area (Å²) in [6.45, 7) is 15.1. The normalized spacial score (nSPS) is 11.5. The van der Waals surface area contributed by atoms with Crippen LogP contribution in [0.1, 0.15) is 105 Å². The molecule has 0 saturated heterocycles. The van der Waals surface area contributed by atoms with Gasteiger partial charge in [0.15, 0.2) is 0 Å². The van der Waals surface area contributed by atoms with E-state index < -0.39 is 0 Å². The molecule has 0 aliphatic rings. The lowest BCUT2D eigenvalue weighted by Crippen LogP contribution is -3.00. The topological polar surface area (TPSA) is 0 Å². The maximum absolute atomic E-state index is 2.35. The lowest BCUT2D eigenvalue weighted by atomic mass is 10.1. The quantitative estimate of drug-likeness (QED) is 0.285. The molecule has 0 aromatic rings. The van der Waals surface area contributed by atoms with Crippen LogP contribution in [0.4, 0.5) is 0 Å². The van der Waals surface area contributed by atoms with Crippen molar-refractivity contribution in [2.45, 2.75) is 105 Å². The first-order valence-corrected chi connectivity index (χ1v) is 10.1. The molecule has 0 rings (SSSR count). The zero-order valence-corrected chi connectivity index (χ0v) is 17.7. The van der Waals surface area contributed by atoms with Crippen LogP contribution in [0.5, 0.6) is 0 Å². The highest BCUT2D eigenvalue weighted by Gasteiger charge is 2.25. The van der Waals surface area contributed by atoms with Crippen LogP contribution < -0.4 is 17.0 Å². The van der Waals surface area contributed by atoms with Crippen molar-refractivity contribution in [1.29, 1.82) is 0 Å². The van der Waals surface area contributed by atoms with Gasteiger partial charge in [-0.2, -0.15) is 0 Å². The van der Waals surface area contributed by atoms with Crippen molar-refractivity contribution in [1.82, 2.24) is 0 Å². The number of quaternary nitrogens is 1. The predicted octanol–water partition coefficient (Wildman–Crippen LogP) is 3.57. The molecule has 0 heterocycles. The van der Waals surface area contributed by atoms with Gasteiger partial charge in [-0.15, -0.1) is 0 Å². The monoisotopic (exact) mass is 377 g/mol. The van der Waals surface area contributed by atoms with Gasteiger partial charge in [-0.25, -0.2) is 0 Å². The van der Waals surface area contributed by atoms with Crippen LogP contribution in [0.25, 0.3) is 0 Å². The number of hydrogen-bond acceptors (Lipinski definition) is 0. The van der Waals surface area contributed by atoms with E-state index in [-0.39, 0.29) is 17.0 Å². The van der Waals surface area contributed by atoms with E-state index in [2.05, 4.69) is 27.7 Å². The van der Waals surface area contributed by atoms with Crippen molar-refractivity contribution in [3.8, 4) is 0 Å².